The Morgan fingerprint density at radius 1 is 1.33 bits per heavy atom. The third kappa shape index (κ3) is 2.47. The van der Waals surface area contributed by atoms with Crippen molar-refractivity contribution >= 4 is 26.0 Å². The number of sulfonamides is 1. The number of aliphatic hydroxyl groups is 1. The molecule has 18 heavy (non-hydrogen) atoms. The van der Waals surface area contributed by atoms with Crippen molar-refractivity contribution in [2.24, 2.45) is 0 Å². The Hall–Kier alpha value is -0.430. The number of halogens is 1. The maximum absolute atomic E-state index is 12.5. The molecule has 1 aromatic carbocycles. The summed E-state index contributed by atoms with van der Waals surface area (Å²) in [6.07, 6.45) is -0.0371. The van der Waals surface area contributed by atoms with E-state index in [1.165, 1.54) is 4.31 Å². The zero-order valence-electron chi connectivity index (χ0n) is 10.4. The monoisotopic (exact) mass is 333 g/mol. The van der Waals surface area contributed by atoms with Crippen LogP contribution in [0.25, 0.3) is 0 Å². The van der Waals surface area contributed by atoms with Gasteiger partial charge in [-0.25, -0.2) is 8.42 Å². The molecule has 0 saturated carbocycles. The molecule has 1 atom stereocenters. The summed E-state index contributed by atoms with van der Waals surface area (Å²) in [6, 6.07) is 3.49. The summed E-state index contributed by atoms with van der Waals surface area (Å²) in [5.74, 6) is 0. The SMILES string of the molecule is Cc1cc(S(=O)(=O)N2CC[C@H](O)C2)c(C)cc1Br. The molecule has 1 heterocycles. The molecule has 1 aliphatic heterocycles. The van der Waals surface area contributed by atoms with Crippen molar-refractivity contribution in [2.45, 2.75) is 31.3 Å². The Morgan fingerprint density at radius 2 is 2.00 bits per heavy atom. The highest BCUT2D eigenvalue weighted by molar-refractivity contribution is 9.10. The topological polar surface area (TPSA) is 57.6 Å². The number of benzene rings is 1. The quantitative estimate of drug-likeness (QED) is 0.898. The molecule has 1 fully saturated rings. The second-order valence-electron chi connectivity index (χ2n) is 4.67. The minimum Gasteiger partial charge on any atom is -0.392 e. The van der Waals surface area contributed by atoms with Gasteiger partial charge in [0.15, 0.2) is 0 Å². The first kappa shape index (κ1) is 14.0. The normalized spacial score (nSPS) is 21.4. The minimum absolute atomic E-state index is 0.191. The van der Waals surface area contributed by atoms with E-state index in [1.54, 1.807) is 13.0 Å². The molecule has 0 bridgehead atoms. The summed E-state index contributed by atoms with van der Waals surface area (Å²) >= 11 is 3.39. The minimum atomic E-state index is -3.49. The number of nitrogens with zero attached hydrogens (tertiary/aromatic N) is 1. The van der Waals surface area contributed by atoms with Crippen LogP contribution in [0.15, 0.2) is 21.5 Å². The number of aryl methyl sites for hydroxylation is 2. The van der Waals surface area contributed by atoms with Gasteiger partial charge in [-0.15, -0.1) is 0 Å². The maximum atomic E-state index is 12.5. The Labute approximate surface area is 116 Å². The summed E-state index contributed by atoms with van der Waals surface area (Å²) in [5, 5.41) is 9.46. The smallest absolute Gasteiger partial charge is 0.243 e. The zero-order valence-corrected chi connectivity index (χ0v) is 12.8. The first-order valence-corrected chi connectivity index (χ1v) is 8.00. The Morgan fingerprint density at radius 3 is 2.56 bits per heavy atom. The van der Waals surface area contributed by atoms with Crippen LogP contribution in [0.2, 0.25) is 0 Å². The lowest BCUT2D eigenvalue weighted by molar-refractivity contribution is 0.189. The van der Waals surface area contributed by atoms with Crippen LogP contribution in [0, 0.1) is 13.8 Å². The fourth-order valence-corrected chi connectivity index (χ4v) is 4.34. The van der Waals surface area contributed by atoms with Gasteiger partial charge >= 0.3 is 0 Å². The van der Waals surface area contributed by atoms with Crippen molar-refractivity contribution < 1.29 is 13.5 Å². The van der Waals surface area contributed by atoms with Crippen LogP contribution in [0.5, 0.6) is 0 Å². The summed E-state index contributed by atoms with van der Waals surface area (Å²) in [6.45, 7) is 4.22. The van der Waals surface area contributed by atoms with Crippen molar-refractivity contribution in [2.75, 3.05) is 13.1 Å². The number of hydrogen-bond donors (Lipinski definition) is 1. The van der Waals surface area contributed by atoms with E-state index in [9.17, 15) is 13.5 Å². The van der Waals surface area contributed by atoms with E-state index in [0.29, 0.717) is 23.4 Å². The molecule has 1 aliphatic rings. The molecule has 0 spiro atoms. The van der Waals surface area contributed by atoms with Gasteiger partial charge in [0.1, 0.15) is 0 Å². The Balaban J connectivity index is 2.45. The van der Waals surface area contributed by atoms with Gasteiger partial charge in [-0.3, -0.25) is 0 Å². The molecular weight excluding hydrogens is 318 g/mol. The van der Waals surface area contributed by atoms with E-state index in [2.05, 4.69) is 15.9 Å². The standard InChI is InChI=1S/C12H16BrNO3S/c1-8-6-12(9(2)5-11(8)13)18(16,17)14-4-3-10(15)7-14/h5-6,10,15H,3-4,7H2,1-2H3/t10-/m0/s1. The van der Waals surface area contributed by atoms with E-state index in [1.807, 2.05) is 13.0 Å². The van der Waals surface area contributed by atoms with Gasteiger partial charge in [0.2, 0.25) is 10.0 Å². The third-order valence-electron chi connectivity index (χ3n) is 3.20. The molecule has 1 aromatic rings. The fraction of sp³-hybridized carbons (Fsp3) is 0.500. The predicted molar refractivity (Wildman–Crippen MR) is 73.0 cm³/mol. The van der Waals surface area contributed by atoms with Gasteiger partial charge in [0.25, 0.3) is 0 Å². The largest absolute Gasteiger partial charge is 0.392 e. The Bertz CT molecular complexity index is 571. The van der Waals surface area contributed by atoms with E-state index < -0.39 is 16.1 Å². The summed E-state index contributed by atoms with van der Waals surface area (Å²) in [5.41, 5.74) is 1.60. The van der Waals surface area contributed by atoms with Crippen LogP contribution < -0.4 is 0 Å². The lowest BCUT2D eigenvalue weighted by Gasteiger charge is -2.18. The van der Waals surface area contributed by atoms with Gasteiger partial charge in [-0.05, 0) is 43.5 Å². The van der Waals surface area contributed by atoms with Gasteiger partial charge < -0.3 is 5.11 Å². The van der Waals surface area contributed by atoms with E-state index in [4.69, 9.17) is 0 Å². The number of hydrogen-bond acceptors (Lipinski definition) is 3. The molecule has 0 radical (unpaired) electrons. The van der Waals surface area contributed by atoms with Crippen molar-refractivity contribution in [1.29, 1.82) is 0 Å². The number of rotatable bonds is 2. The van der Waals surface area contributed by atoms with Gasteiger partial charge in [-0.1, -0.05) is 15.9 Å². The molecular formula is C12H16BrNO3S. The average molecular weight is 334 g/mol. The summed E-state index contributed by atoms with van der Waals surface area (Å²) in [4.78, 5) is 0.331. The van der Waals surface area contributed by atoms with Crippen LogP contribution in [0.3, 0.4) is 0 Å². The number of β-amino-alcohol motifs (C(OH)–C–C–N with tert-alkyl or cyclic N) is 1. The number of aliphatic hydroxyl groups excluding tert-OH is 1. The molecule has 1 saturated heterocycles. The Kier molecular flexibility index (Phi) is 3.82. The van der Waals surface area contributed by atoms with Crippen LogP contribution in [-0.2, 0) is 10.0 Å². The van der Waals surface area contributed by atoms with Crippen molar-refractivity contribution in [3.63, 3.8) is 0 Å². The molecule has 0 amide bonds. The third-order valence-corrected chi connectivity index (χ3v) is 6.06. The molecule has 2 rings (SSSR count). The van der Waals surface area contributed by atoms with Crippen LogP contribution in [0.1, 0.15) is 17.5 Å². The van der Waals surface area contributed by atoms with Gasteiger partial charge in [0, 0.05) is 17.6 Å². The summed E-state index contributed by atoms with van der Waals surface area (Å²) < 4.78 is 27.2. The first-order valence-electron chi connectivity index (χ1n) is 5.77. The van der Waals surface area contributed by atoms with Crippen molar-refractivity contribution in [3.05, 3.63) is 27.7 Å². The van der Waals surface area contributed by atoms with Crippen molar-refractivity contribution in [3.8, 4) is 0 Å². The second kappa shape index (κ2) is 4.92. The van der Waals surface area contributed by atoms with E-state index >= 15 is 0 Å². The lowest BCUT2D eigenvalue weighted by Crippen LogP contribution is -2.30. The first-order chi connectivity index (χ1) is 8.32. The van der Waals surface area contributed by atoms with E-state index in [0.717, 1.165) is 10.0 Å². The average Bonchev–Trinajstić information content (AvgIpc) is 2.70. The van der Waals surface area contributed by atoms with Gasteiger partial charge in [0.05, 0.1) is 11.0 Å². The lowest BCUT2D eigenvalue weighted by atomic mass is 10.2. The second-order valence-corrected chi connectivity index (χ2v) is 7.43. The molecule has 100 valence electrons. The van der Waals surface area contributed by atoms with Crippen LogP contribution in [-0.4, -0.2) is 37.0 Å². The molecule has 0 unspecified atom stereocenters. The van der Waals surface area contributed by atoms with Crippen LogP contribution >= 0.6 is 15.9 Å². The predicted octanol–water partition coefficient (Wildman–Crippen LogP) is 1.82. The highest BCUT2D eigenvalue weighted by Gasteiger charge is 2.32. The van der Waals surface area contributed by atoms with Crippen LogP contribution in [0.4, 0.5) is 0 Å². The fourth-order valence-electron chi connectivity index (χ4n) is 2.10. The van der Waals surface area contributed by atoms with Crippen molar-refractivity contribution in [1.82, 2.24) is 4.31 Å². The summed E-state index contributed by atoms with van der Waals surface area (Å²) in [7, 11) is -3.49. The molecule has 4 nitrogen and oxygen atoms in total. The molecule has 6 heteroatoms. The molecule has 0 aromatic heterocycles. The molecule has 1 N–H and O–H groups in total. The zero-order chi connectivity index (χ0) is 13.5. The van der Waals surface area contributed by atoms with E-state index in [-0.39, 0.29) is 6.54 Å². The van der Waals surface area contributed by atoms with Gasteiger partial charge in [-0.2, -0.15) is 4.31 Å². The molecule has 0 aliphatic carbocycles. The maximum Gasteiger partial charge on any atom is 0.243 e. The highest BCUT2D eigenvalue weighted by Crippen LogP contribution is 2.28. The highest BCUT2D eigenvalue weighted by atomic mass is 79.9.